The lowest BCUT2D eigenvalue weighted by Gasteiger charge is -2.28. The van der Waals surface area contributed by atoms with Crippen LogP contribution in [0.4, 0.5) is 0 Å². The Morgan fingerprint density at radius 2 is 1.93 bits per heavy atom. The summed E-state index contributed by atoms with van der Waals surface area (Å²) in [5.41, 5.74) is 0.787. The Labute approximate surface area is 159 Å². The molecule has 2 N–H and O–H groups in total. The predicted molar refractivity (Wildman–Crippen MR) is 100 cm³/mol. The monoisotopic (exact) mass is 392 g/mol. The summed E-state index contributed by atoms with van der Waals surface area (Å²) in [7, 11) is -3.29. The van der Waals surface area contributed by atoms with Gasteiger partial charge >= 0.3 is 0 Å². The van der Waals surface area contributed by atoms with E-state index in [1.54, 1.807) is 6.07 Å². The van der Waals surface area contributed by atoms with Gasteiger partial charge < -0.3 is 20.1 Å². The molecule has 0 spiro atoms. The van der Waals surface area contributed by atoms with Crippen LogP contribution in [0.15, 0.2) is 39.8 Å². The first kappa shape index (κ1) is 18.2. The second-order valence-corrected chi connectivity index (χ2v) is 9.17. The van der Waals surface area contributed by atoms with Crippen molar-refractivity contribution >= 4 is 15.7 Å². The maximum Gasteiger partial charge on any atom is 0.224 e. The van der Waals surface area contributed by atoms with Crippen molar-refractivity contribution in [2.24, 2.45) is 4.99 Å². The van der Waals surface area contributed by atoms with E-state index < -0.39 is 9.84 Å². The van der Waals surface area contributed by atoms with E-state index in [-0.39, 0.29) is 16.4 Å². The second-order valence-electron chi connectivity index (χ2n) is 7.00. The smallest absolute Gasteiger partial charge is 0.224 e. The van der Waals surface area contributed by atoms with E-state index in [0.29, 0.717) is 24.2 Å². The summed E-state index contributed by atoms with van der Waals surface area (Å²) in [5.74, 6) is 1.59. The molecule has 0 unspecified atom stereocenters. The standard InChI is InChI=1S/C18H24N4O4S/c1-12-17(25-13-6-8-19-9-7-13)21-11-22-18(12)26-14-2-5-16(20-10-14)27(23,24)15-3-4-15/h2,5,10,13,15,19,21H,3-4,6-9,11H2,1H3. The zero-order chi connectivity index (χ0) is 18.9. The largest absolute Gasteiger partial charge is 0.475 e. The number of aliphatic imine (C=N–C) groups is 1. The van der Waals surface area contributed by atoms with Crippen molar-refractivity contribution < 1.29 is 17.9 Å². The maximum atomic E-state index is 12.2. The van der Waals surface area contributed by atoms with Crippen LogP contribution >= 0.6 is 0 Å². The summed E-state index contributed by atoms with van der Waals surface area (Å²) in [4.78, 5) is 8.42. The van der Waals surface area contributed by atoms with E-state index in [1.165, 1.54) is 12.3 Å². The number of pyridine rings is 1. The van der Waals surface area contributed by atoms with Crippen molar-refractivity contribution in [3.8, 4) is 5.75 Å². The highest BCUT2D eigenvalue weighted by atomic mass is 32.2. The Balaban J connectivity index is 1.44. The molecule has 1 aliphatic carbocycles. The first-order chi connectivity index (χ1) is 13.0. The number of piperidine rings is 1. The van der Waals surface area contributed by atoms with Crippen LogP contribution in [-0.2, 0) is 14.6 Å². The molecule has 2 fully saturated rings. The minimum absolute atomic E-state index is 0.104. The Morgan fingerprint density at radius 3 is 2.59 bits per heavy atom. The minimum atomic E-state index is -3.29. The van der Waals surface area contributed by atoms with Crippen LogP contribution in [-0.4, -0.2) is 50.4 Å². The number of hydrogen-bond donors (Lipinski definition) is 2. The van der Waals surface area contributed by atoms with Crippen LogP contribution in [0, 0.1) is 0 Å². The van der Waals surface area contributed by atoms with Crippen molar-refractivity contribution in [2.75, 3.05) is 19.8 Å². The van der Waals surface area contributed by atoms with Crippen LogP contribution in [0.5, 0.6) is 5.75 Å². The number of nitrogens with zero attached hydrogens (tertiary/aromatic N) is 2. The number of ether oxygens (including phenoxy) is 2. The fraction of sp³-hybridized carbons (Fsp3) is 0.556. The van der Waals surface area contributed by atoms with E-state index in [1.807, 2.05) is 6.92 Å². The molecule has 0 amide bonds. The van der Waals surface area contributed by atoms with Crippen molar-refractivity contribution in [1.82, 2.24) is 15.6 Å². The van der Waals surface area contributed by atoms with Gasteiger partial charge in [0.2, 0.25) is 5.90 Å². The topological polar surface area (TPSA) is 102 Å². The minimum Gasteiger partial charge on any atom is -0.475 e. The highest BCUT2D eigenvalue weighted by Gasteiger charge is 2.37. The highest BCUT2D eigenvalue weighted by Crippen LogP contribution is 2.33. The summed E-state index contributed by atoms with van der Waals surface area (Å²) >= 11 is 0. The van der Waals surface area contributed by atoms with E-state index in [2.05, 4.69) is 20.6 Å². The fourth-order valence-electron chi connectivity index (χ4n) is 3.11. The summed E-state index contributed by atoms with van der Waals surface area (Å²) in [6, 6.07) is 3.11. The van der Waals surface area contributed by atoms with Gasteiger partial charge in [-0.2, -0.15) is 0 Å². The quantitative estimate of drug-likeness (QED) is 0.780. The van der Waals surface area contributed by atoms with Crippen molar-refractivity contribution in [2.45, 2.75) is 49.0 Å². The average Bonchev–Trinajstić information content (AvgIpc) is 3.52. The maximum absolute atomic E-state index is 12.2. The van der Waals surface area contributed by atoms with Crippen LogP contribution in [0.25, 0.3) is 0 Å². The Kier molecular flexibility index (Phi) is 5.05. The number of hydrogen-bond acceptors (Lipinski definition) is 8. The fourth-order valence-corrected chi connectivity index (χ4v) is 4.66. The number of sulfone groups is 1. The molecule has 1 saturated carbocycles. The molecule has 0 radical (unpaired) electrons. The Bertz CT molecular complexity index is 854. The molecule has 1 aromatic heterocycles. The molecule has 27 heavy (non-hydrogen) atoms. The molecular formula is C18H24N4O4S. The lowest BCUT2D eigenvalue weighted by atomic mass is 10.1. The molecular weight excluding hydrogens is 368 g/mol. The SMILES string of the molecule is CC1=C(OC2CCNCC2)NCN=C1Oc1ccc(S(=O)(=O)C2CC2)nc1. The summed E-state index contributed by atoms with van der Waals surface area (Å²) in [6.45, 7) is 4.17. The van der Waals surface area contributed by atoms with Crippen molar-refractivity contribution in [3.63, 3.8) is 0 Å². The third-order valence-corrected chi connectivity index (χ3v) is 7.05. The molecule has 4 rings (SSSR count). The zero-order valence-corrected chi connectivity index (χ0v) is 16.1. The van der Waals surface area contributed by atoms with E-state index in [9.17, 15) is 8.42 Å². The molecule has 1 aromatic rings. The van der Waals surface area contributed by atoms with Gasteiger partial charge in [0.05, 0.1) is 17.0 Å². The molecule has 0 aromatic carbocycles. The number of rotatable bonds is 5. The van der Waals surface area contributed by atoms with Gasteiger partial charge in [0.25, 0.3) is 0 Å². The van der Waals surface area contributed by atoms with Gasteiger partial charge in [-0.05, 0) is 57.8 Å². The Hall–Kier alpha value is -2.13. The summed E-state index contributed by atoms with van der Waals surface area (Å²) in [5, 5.41) is 6.30. The molecule has 3 heterocycles. The lowest BCUT2D eigenvalue weighted by Crippen LogP contribution is -2.36. The van der Waals surface area contributed by atoms with Gasteiger partial charge in [-0.15, -0.1) is 0 Å². The number of aromatic nitrogens is 1. The number of nitrogens with one attached hydrogen (secondary N) is 2. The van der Waals surface area contributed by atoms with E-state index in [4.69, 9.17) is 9.47 Å². The molecule has 1 saturated heterocycles. The molecule has 2 aliphatic heterocycles. The Morgan fingerprint density at radius 1 is 1.15 bits per heavy atom. The van der Waals surface area contributed by atoms with Crippen LogP contribution in [0.2, 0.25) is 0 Å². The van der Waals surface area contributed by atoms with E-state index in [0.717, 1.165) is 44.3 Å². The van der Waals surface area contributed by atoms with Crippen LogP contribution in [0.3, 0.4) is 0 Å². The first-order valence-electron chi connectivity index (χ1n) is 9.29. The lowest BCUT2D eigenvalue weighted by molar-refractivity contribution is 0.0737. The molecule has 8 nitrogen and oxygen atoms in total. The van der Waals surface area contributed by atoms with Gasteiger partial charge in [0.1, 0.15) is 18.5 Å². The van der Waals surface area contributed by atoms with Crippen molar-refractivity contribution in [1.29, 1.82) is 0 Å². The average molecular weight is 392 g/mol. The van der Waals surface area contributed by atoms with Gasteiger partial charge in [-0.3, -0.25) is 0 Å². The predicted octanol–water partition coefficient (Wildman–Crippen LogP) is 1.36. The van der Waals surface area contributed by atoms with Crippen LogP contribution < -0.4 is 15.4 Å². The van der Waals surface area contributed by atoms with Gasteiger partial charge in [-0.1, -0.05) is 0 Å². The second kappa shape index (κ2) is 7.47. The molecule has 0 atom stereocenters. The molecule has 146 valence electrons. The van der Waals surface area contributed by atoms with Gasteiger partial charge in [0, 0.05) is 0 Å². The zero-order valence-electron chi connectivity index (χ0n) is 15.3. The van der Waals surface area contributed by atoms with E-state index >= 15 is 0 Å². The first-order valence-corrected chi connectivity index (χ1v) is 10.8. The molecule has 3 aliphatic rings. The van der Waals surface area contributed by atoms with Crippen LogP contribution in [0.1, 0.15) is 32.6 Å². The normalized spacial score (nSPS) is 21.4. The summed E-state index contributed by atoms with van der Waals surface area (Å²) < 4.78 is 36.3. The summed E-state index contributed by atoms with van der Waals surface area (Å²) in [6.07, 6.45) is 4.97. The molecule has 9 heteroatoms. The van der Waals surface area contributed by atoms with Gasteiger partial charge in [0.15, 0.2) is 20.7 Å². The van der Waals surface area contributed by atoms with Crippen molar-refractivity contribution in [3.05, 3.63) is 29.8 Å². The third-order valence-electron chi connectivity index (χ3n) is 4.87. The van der Waals surface area contributed by atoms with Gasteiger partial charge in [-0.25, -0.2) is 18.4 Å². The highest BCUT2D eigenvalue weighted by molar-refractivity contribution is 7.92. The third kappa shape index (κ3) is 4.08. The molecule has 0 bridgehead atoms.